The number of fused-ring (bicyclic) bond motifs is 3. The van der Waals surface area contributed by atoms with Crippen LogP contribution >= 0.6 is 0 Å². The minimum atomic E-state index is 1.07. The molecule has 0 amide bonds. The summed E-state index contributed by atoms with van der Waals surface area (Å²) >= 11 is 0. The highest BCUT2D eigenvalue weighted by Gasteiger charge is 2.24. The smallest absolute Gasteiger partial charge is 0.0618 e. The Morgan fingerprint density at radius 3 is 1.25 bits per heavy atom. The molecular formula is C62H43N. The Balaban J connectivity index is 1.18. The lowest BCUT2D eigenvalue weighted by atomic mass is 9.88. The molecular weight excluding hydrogens is 759 g/mol. The molecule has 11 aromatic rings. The van der Waals surface area contributed by atoms with Crippen LogP contribution in [0.3, 0.4) is 0 Å². The van der Waals surface area contributed by atoms with E-state index in [9.17, 15) is 0 Å². The number of para-hydroxylation sites is 1. The molecule has 1 heteroatoms. The van der Waals surface area contributed by atoms with Crippen LogP contribution in [-0.2, 0) is 0 Å². The van der Waals surface area contributed by atoms with Crippen LogP contribution in [0.15, 0.2) is 261 Å². The number of hydrogen-bond donors (Lipinski definition) is 0. The van der Waals surface area contributed by atoms with Gasteiger partial charge in [-0.15, -0.1) is 0 Å². The van der Waals surface area contributed by atoms with Crippen LogP contribution in [0, 0.1) is 0 Å². The van der Waals surface area contributed by atoms with Crippen molar-refractivity contribution in [3.63, 3.8) is 0 Å². The highest BCUT2D eigenvalue weighted by molar-refractivity contribution is 6.15. The fraction of sp³-hybridized carbons (Fsp3) is 0. The molecule has 0 aliphatic rings. The van der Waals surface area contributed by atoms with Gasteiger partial charge in [0.1, 0.15) is 0 Å². The third-order valence-corrected chi connectivity index (χ3v) is 12.3. The maximum Gasteiger partial charge on any atom is 0.0618 e. The van der Waals surface area contributed by atoms with E-state index in [2.05, 4.69) is 266 Å². The minimum Gasteiger partial charge on any atom is -0.309 e. The zero-order valence-electron chi connectivity index (χ0n) is 34.8. The van der Waals surface area contributed by atoms with Gasteiger partial charge in [0.25, 0.3) is 0 Å². The SMILES string of the molecule is c1ccc(-c2cccc(-c3ccc(N(c4ccc(-c5ccccc5)c(-c5cc6ccccc6c6ccccc56)c4)c4c(-c5ccccc5)cccc4-c4ccccc4)cc3)c2)cc1. The van der Waals surface area contributed by atoms with Gasteiger partial charge in [0.05, 0.1) is 5.69 Å². The second-order valence-electron chi connectivity index (χ2n) is 16.0. The van der Waals surface area contributed by atoms with Gasteiger partial charge < -0.3 is 4.90 Å². The second kappa shape index (κ2) is 16.7. The van der Waals surface area contributed by atoms with Crippen molar-refractivity contribution < 1.29 is 0 Å². The molecule has 0 aliphatic heterocycles. The van der Waals surface area contributed by atoms with Gasteiger partial charge >= 0.3 is 0 Å². The van der Waals surface area contributed by atoms with Crippen LogP contribution in [0.1, 0.15) is 0 Å². The molecule has 11 aromatic carbocycles. The van der Waals surface area contributed by atoms with Gasteiger partial charge in [-0.25, -0.2) is 0 Å². The molecule has 296 valence electrons. The second-order valence-corrected chi connectivity index (χ2v) is 16.0. The van der Waals surface area contributed by atoms with E-state index in [1.54, 1.807) is 0 Å². The molecule has 0 heterocycles. The van der Waals surface area contributed by atoms with Crippen LogP contribution < -0.4 is 4.90 Å². The molecule has 63 heavy (non-hydrogen) atoms. The summed E-state index contributed by atoms with van der Waals surface area (Å²) in [6.45, 7) is 0. The van der Waals surface area contributed by atoms with Crippen molar-refractivity contribution >= 4 is 38.6 Å². The zero-order valence-corrected chi connectivity index (χ0v) is 34.8. The molecule has 0 N–H and O–H groups in total. The van der Waals surface area contributed by atoms with Crippen LogP contribution in [0.4, 0.5) is 17.1 Å². The molecule has 0 fully saturated rings. The predicted octanol–water partition coefficient (Wildman–Crippen LogP) is 17.5. The first-order chi connectivity index (χ1) is 31.3. The molecule has 0 radical (unpaired) electrons. The topological polar surface area (TPSA) is 3.24 Å². The summed E-state index contributed by atoms with van der Waals surface area (Å²) < 4.78 is 0. The van der Waals surface area contributed by atoms with E-state index in [1.165, 1.54) is 66.1 Å². The first-order valence-electron chi connectivity index (χ1n) is 21.7. The third-order valence-electron chi connectivity index (χ3n) is 12.3. The van der Waals surface area contributed by atoms with E-state index < -0.39 is 0 Å². The highest BCUT2D eigenvalue weighted by Crippen LogP contribution is 2.49. The molecule has 0 saturated heterocycles. The lowest BCUT2D eigenvalue weighted by Crippen LogP contribution is -2.13. The molecule has 0 spiro atoms. The third kappa shape index (κ3) is 7.26. The van der Waals surface area contributed by atoms with Crippen molar-refractivity contribution in [3.05, 3.63) is 261 Å². The van der Waals surface area contributed by atoms with Gasteiger partial charge in [-0.2, -0.15) is 0 Å². The predicted molar refractivity (Wildman–Crippen MR) is 269 cm³/mol. The Labute approximate surface area is 369 Å². The van der Waals surface area contributed by atoms with Crippen LogP contribution in [0.25, 0.3) is 88.3 Å². The van der Waals surface area contributed by atoms with Crippen molar-refractivity contribution in [3.8, 4) is 66.8 Å². The molecule has 0 unspecified atom stereocenters. The minimum absolute atomic E-state index is 1.07. The Bertz CT molecular complexity index is 3300. The Morgan fingerprint density at radius 2 is 0.651 bits per heavy atom. The van der Waals surface area contributed by atoms with Crippen LogP contribution in [0.5, 0.6) is 0 Å². The highest BCUT2D eigenvalue weighted by atomic mass is 15.1. The first-order valence-corrected chi connectivity index (χ1v) is 21.7. The summed E-state index contributed by atoms with van der Waals surface area (Å²) in [5, 5.41) is 4.96. The van der Waals surface area contributed by atoms with Crippen molar-refractivity contribution in [2.24, 2.45) is 0 Å². The van der Waals surface area contributed by atoms with E-state index in [0.717, 1.165) is 39.3 Å². The number of benzene rings is 11. The molecule has 0 saturated carbocycles. The van der Waals surface area contributed by atoms with E-state index in [0.29, 0.717) is 0 Å². The maximum absolute atomic E-state index is 2.48. The summed E-state index contributed by atoms with van der Waals surface area (Å²) in [6.07, 6.45) is 0. The molecule has 0 atom stereocenters. The number of hydrogen-bond acceptors (Lipinski definition) is 1. The maximum atomic E-state index is 2.48. The molecule has 1 nitrogen and oxygen atoms in total. The Morgan fingerprint density at radius 1 is 0.206 bits per heavy atom. The van der Waals surface area contributed by atoms with Crippen molar-refractivity contribution in [2.45, 2.75) is 0 Å². The van der Waals surface area contributed by atoms with E-state index in [-0.39, 0.29) is 0 Å². The normalized spacial score (nSPS) is 11.2. The average Bonchev–Trinajstić information content (AvgIpc) is 3.37. The van der Waals surface area contributed by atoms with Crippen LogP contribution in [0.2, 0.25) is 0 Å². The zero-order chi connectivity index (χ0) is 42.0. The Kier molecular flexibility index (Phi) is 9.97. The first kappa shape index (κ1) is 37.7. The van der Waals surface area contributed by atoms with Crippen molar-refractivity contribution in [1.82, 2.24) is 0 Å². The van der Waals surface area contributed by atoms with Gasteiger partial charge in [0.15, 0.2) is 0 Å². The standard InChI is InChI=1S/C62H43N/c1-5-19-44(20-6-1)49-28-17-29-50(41-49)45-35-37-52(38-36-45)63(62-56(47-23-9-3-10-24-47)33-18-34-57(62)48-25-11-4-12-26-48)53-39-40-55(46-21-7-2-8-22-46)61(43-53)60-42-51-27-13-14-30-54(51)58-31-15-16-32-59(58)60/h1-43H. The van der Waals surface area contributed by atoms with E-state index in [4.69, 9.17) is 0 Å². The van der Waals surface area contributed by atoms with Crippen molar-refractivity contribution in [2.75, 3.05) is 4.90 Å². The largest absolute Gasteiger partial charge is 0.309 e. The number of nitrogens with zero attached hydrogens (tertiary/aromatic N) is 1. The summed E-state index contributed by atoms with van der Waals surface area (Å²) in [5.74, 6) is 0. The number of rotatable bonds is 9. The lowest BCUT2D eigenvalue weighted by molar-refractivity contribution is 1.28. The number of anilines is 3. The van der Waals surface area contributed by atoms with Crippen LogP contribution in [-0.4, -0.2) is 0 Å². The van der Waals surface area contributed by atoms with Crippen molar-refractivity contribution in [1.29, 1.82) is 0 Å². The quantitative estimate of drug-likeness (QED) is 0.131. The van der Waals surface area contributed by atoms with Gasteiger partial charge in [0.2, 0.25) is 0 Å². The molecule has 0 bridgehead atoms. The average molecular weight is 802 g/mol. The van der Waals surface area contributed by atoms with Gasteiger partial charge in [0, 0.05) is 22.5 Å². The summed E-state index contributed by atoms with van der Waals surface area (Å²) in [7, 11) is 0. The summed E-state index contributed by atoms with van der Waals surface area (Å²) in [6, 6.07) is 94.8. The van der Waals surface area contributed by atoms with Gasteiger partial charge in [-0.1, -0.05) is 224 Å². The fourth-order valence-corrected chi connectivity index (χ4v) is 9.25. The molecule has 0 aliphatic carbocycles. The fourth-order valence-electron chi connectivity index (χ4n) is 9.25. The summed E-state index contributed by atoms with van der Waals surface area (Å²) in [5.41, 5.74) is 17.4. The Hall–Kier alpha value is -8.26. The lowest BCUT2D eigenvalue weighted by Gasteiger charge is -2.31. The van der Waals surface area contributed by atoms with E-state index >= 15 is 0 Å². The molecule has 11 rings (SSSR count). The van der Waals surface area contributed by atoms with Gasteiger partial charge in [-0.05, 0) is 114 Å². The van der Waals surface area contributed by atoms with Gasteiger partial charge in [-0.3, -0.25) is 0 Å². The summed E-state index contributed by atoms with van der Waals surface area (Å²) in [4.78, 5) is 2.48. The molecule has 0 aromatic heterocycles. The monoisotopic (exact) mass is 801 g/mol. The van der Waals surface area contributed by atoms with E-state index in [1.807, 2.05) is 0 Å².